The summed E-state index contributed by atoms with van der Waals surface area (Å²) in [7, 11) is 0. The molecule has 15 heavy (non-hydrogen) atoms. The maximum atomic E-state index is 11.8. The zero-order valence-corrected chi connectivity index (χ0v) is 9.51. The minimum atomic E-state index is -0.0336. The van der Waals surface area contributed by atoms with Crippen LogP contribution < -0.4 is 5.32 Å². The molecule has 0 spiro atoms. The quantitative estimate of drug-likeness (QED) is 0.819. The first-order valence-corrected chi connectivity index (χ1v) is 6.23. The van der Waals surface area contributed by atoms with E-state index in [4.69, 9.17) is 0 Å². The van der Waals surface area contributed by atoms with Gasteiger partial charge in [0.1, 0.15) is 5.82 Å². The van der Waals surface area contributed by atoms with Gasteiger partial charge in [0, 0.05) is 12.4 Å². The van der Waals surface area contributed by atoms with E-state index in [0.717, 1.165) is 24.4 Å². The van der Waals surface area contributed by atoms with Crippen LogP contribution in [0.3, 0.4) is 0 Å². The first-order valence-electron chi connectivity index (χ1n) is 5.18. The molecule has 1 aromatic rings. The topological polar surface area (TPSA) is 57.8 Å². The van der Waals surface area contributed by atoms with Gasteiger partial charge in [-0.05, 0) is 25.5 Å². The largest absolute Gasteiger partial charge is 0.347 e. The van der Waals surface area contributed by atoms with Crippen LogP contribution in [0.1, 0.15) is 31.6 Å². The number of aromatic nitrogens is 2. The zero-order chi connectivity index (χ0) is 10.7. The number of hydrogen-bond acceptors (Lipinski definition) is 3. The summed E-state index contributed by atoms with van der Waals surface area (Å²) in [5.41, 5.74) is 0. The van der Waals surface area contributed by atoms with Crippen molar-refractivity contribution in [2.24, 2.45) is 0 Å². The molecule has 2 atom stereocenters. The predicted molar refractivity (Wildman–Crippen MR) is 60.6 cm³/mol. The lowest BCUT2D eigenvalue weighted by molar-refractivity contribution is -0.121. The van der Waals surface area contributed by atoms with Crippen molar-refractivity contribution in [2.45, 2.75) is 31.1 Å². The van der Waals surface area contributed by atoms with Crippen LogP contribution in [-0.4, -0.2) is 26.9 Å². The predicted octanol–water partition coefficient (Wildman–Crippen LogP) is 1.48. The van der Waals surface area contributed by atoms with Gasteiger partial charge in [0.2, 0.25) is 5.91 Å². The van der Waals surface area contributed by atoms with Crippen LogP contribution in [-0.2, 0) is 4.79 Å². The summed E-state index contributed by atoms with van der Waals surface area (Å²) in [6.07, 6.45) is 5.61. The number of thioether (sulfide) groups is 1. The average molecular weight is 225 g/mol. The van der Waals surface area contributed by atoms with Gasteiger partial charge >= 0.3 is 0 Å². The van der Waals surface area contributed by atoms with E-state index in [1.807, 2.05) is 6.92 Å². The van der Waals surface area contributed by atoms with Crippen molar-refractivity contribution in [3.8, 4) is 0 Å². The fourth-order valence-electron chi connectivity index (χ4n) is 1.67. The molecule has 0 aliphatic carbocycles. The summed E-state index contributed by atoms with van der Waals surface area (Å²) in [5.74, 6) is 2.06. The summed E-state index contributed by atoms with van der Waals surface area (Å²) in [6.45, 7) is 1.94. The fraction of sp³-hybridized carbons (Fsp3) is 0.600. The highest BCUT2D eigenvalue weighted by Crippen LogP contribution is 2.26. The first-order chi connectivity index (χ1) is 7.27. The van der Waals surface area contributed by atoms with Crippen LogP contribution in [0.15, 0.2) is 12.4 Å². The second kappa shape index (κ2) is 4.70. The van der Waals surface area contributed by atoms with Crippen LogP contribution in [0.2, 0.25) is 0 Å². The number of nitrogens with zero attached hydrogens (tertiary/aromatic N) is 1. The molecule has 0 bridgehead atoms. The molecule has 4 nitrogen and oxygen atoms in total. The molecule has 5 heteroatoms. The standard InChI is InChI=1S/C10H15N3OS/c1-7(9-11-4-5-12-9)13-10(14)8-3-2-6-15-8/h4-5,7-8H,2-3,6H2,1H3,(H,11,12)(H,13,14). The number of hydrogen-bond donors (Lipinski definition) is 2. The summed E-state index contributed by atoms with van der Waals surface area (Å²) in [6, 6.07) is -0.0336. The van der Waals surface area contributed by atoms with Crippen molar-refractivity contribution in [2.75, 3.05) is 5.75 Å². The summed E-state index contributed by atoms with van der Waals surface area (Å²) >= 11 is 1.75. The Morgan fingerprint density at radius 2 is 2.67 bits per heavy atom. The second-order valence-electron chi connectivity index (χ2n) is 3.71. The van der Waals surface area contributed by atoms with Crippen molar-refractivity contribution in [3.63, 3.8) is 0 Å². The van der Waals surface area contributed by atoms with Crippen molar-refractivity contribution >= 4 is 17.7 Å². The zero-order valence-electron chi connectivity index (χ0n) is 8.69. The fourth-order valence-corrected chi connectivity index (χ4v) is 2.84. The summed E-state index contributed by atoms with van der Waals surface area (Å²) < 4.78 is 0. The molecule has 0 saturated carbocycles. The van der Waals surface area contributed by atoms with Gasteiger partial charge in [0.15, 0.2) is 0 Å². The Morgan fingerprint density at radius 3 is 3.27 bits per heavy atom. The lowest BCUT2D eigenvalue weighted by atomic mass is 10.2. The maximum absolute atomic E-state index is 11.8. The lowest BCUT2D eigenvalue weighted by Gasteiger charge is -2.14. The van der Waals surface area contributed by atoms with Gasteiger partial charge in [-0.2, -0.15) is 0 Å². The van der Waals surface area contributed by atoms with Crippen molar-refractivity contribution in [1.29, 1.82) is 0 Å². The van der Waals surface area contributed by atoms with E-state index < -0.39 is 0 Å². The monoisotopic (exact) mass is 225 g/mol. The van der Waals surface area contributed by atoms with Gasteiger partial charge in [-0.1, -0.05) is 0 Å². The molecule has 2 N–H and O–H groups in total. The third-order valence-corrected chi connectivity index (χ3v) is 3.89. The summed E-state index contributed by atoms with van der Waals surface area (Å²) in [4.78, 5) is 18.9. The maximum Gasteiger partial charge on any atom is 0.233 e. The van der Waals surface area contributed by atoms with E-state index in [2.05, 4.69) is 15.3 Å². The number of carbonyl (C=O) groups excluding carboxylic acids is 1. The third-order valence-electron chi connectivity index (χ3n) is 2.51. The minimum absolute atomic E-state index is 0.0336. The average Bonchev–Trinajstić information content (AvgIpc) is 2.91. The highest BCUT2D eigenvalue weighted by molar-refractivity contribution is 8.00. The van der Waals surface area contributed by atoms with Crippen LogP contribution in [0, 0.1) is 0 Å². The smallest absolute Gasteiger partial charge is 0.233 e. The third kappa shape index (κ3) is 2.53. The van der Waals surface area contributed by atoms with Gasteiger partial charge in [-0.25, -0.2) is 4.98 Å². The highest BCUT2D eigenvalue weighted by Gasteiger charge is 2.24. The molecule has 1 saturated heterocycles. The number of rotatable bonds is 3. The highest BCUT2D eigenvalue weighted by atomic mass is 32.2. The summed E-state index contributed by atoms with van der Waals surface area (Å²) in [5, 5.41) is 3.11. The molecule has 1 aromatic heterocycles. The lowest BCUT2D eigenvalue weighted by Crippen LogP contribution is -2.33. The van der Waals surface area contributed by atoms with Gasteiger partial charge in [-0.3, -0.25) is 4.79 Å². The Hall–Kier alpha value is -0.970. The number of imidazole rings is 1. The van der Waals surface area contributed by atoms with Crippen LogP contribution in [0.25, 0.3) is 0 Å². The SMILES string of the molecule is CC(NC(=O)C1CCCS1)c1ncc[nH]1. The van der Waals surface area contributed by atoms with Gasteiger partial charge in [0.25, 0.3) is 0 Å². The molecule has 1 aliphatic rings. The van der Waals surface area contributed by atoms with E-state index >= 15 is 0 Å². The molecule has 1 fully saturated rings. The number of nitrogens with one attached hydrogen (secondary N) is 2. The van der Waals surface area contributed by atoms with E-state index in [9.17, 15) is 4.79 Å². The van der Waals surface area contributed by atoms with Crippen molar-refractivity contribution in [3.05, 3.63) is 18.2 Å². The molecule has 1 amide bonds. The molecule has 2 heterocycles. The van der Waals surface area contributed by atoms with E-state index in [-0.39, 0.29) is 17.2 Å². The molecule has 1 aliphatic heterocycles. The Morgan fingerprint density at radius 1 is 1.80 bits per heavy atom. The molecule has 0 aromatic carbocycles. The van der Waals surface area contributed by atoms with E-state index in [1.165, 1.54) is 0 Å². The number of carbonyl (C=O) groups is 1. The van der Waals surface area contributed by atoms with Crippen molar-refractivity contribution in [1.82, 2.24) is 15.3 Å². The van der Waals surface area contributed by atoms with Crippen molar-refractivity contribution < 1.29 is 4.79 Å². The van der Waals surface area contributed by atoms with Crippen LogP contribution in [0.5, 0.6) is 0 Å². The Labute approximate surface area is 93.2 Å². The van der Waals surface area contributed by atoms with Crippen LogP contribution in [0.4, 0.5) is 0 Å². The molecular formula is C10H15N3OS. The molecule has 82 valence electrons. The van der Waals surface area contributed by atoms with Gasteiger partial charge in [0.05, 0.1) is 11.3 Å². The Kier molecular flexibility index (Phi) is 3.30. The molecule has 0 radical (unpaired) electrons. The van der Waals surface area contributed by atoms with E-state index in [0.29, 0.717) is 0 Å². The Bertz CT molecular complexity index is 319. The molecular weight excluding hydrogens is 210 g/mol. The minimum Gasteiger partial charge on any atom is -0.347 e. The number of amides is 1. The number of H-pyrrole nitrogens is 1. The first kappa shape index (κ1) is 10.5. The van der Waals surface area contributed by atoms with Gasteiger partial charge < -0.3 is 10.3 Å². The van der Waals surface area contributed by atoms with E-state index in [1.54, 1.807) is 24.2 Å². The normalized spacial score (nSPS) is 22.6. The Balaban J connectivity index is 1.88. The van der Waals surface area contributed by atoms with Gasteiger partial charge in [-0.15, -0.1) is 11.8 Å². The second-order valence-corrected chi connectivity index (χ2v) is 5.02. The number of aromatic amines is 1. The molecule has 2 rings (SSSR count). The van der Waals surface area contributed by atoms with Crippen LogP contribution >= 0.6 is 11.8 Å². The molecule has 2 unspecified atom stereocenters.